The molecule has 2 aliphatic rings. The maximum absolute atomic E-state index is 14.5. The molecule has 0 aliphatic heterocycles. The summed E-state index contributed by atoms with van der Waals surface area (Å²) in [5, 5.41) is 3.38. The summed E-state index contributed by atoms with van der Waals surface area (Å²) in [5.74, 6) is 2.74. The van der Waals surface area contributed by atoms with Crippen LogP contribution in [0.2, 0.25) is 0 Å². The third kappa shape index (κ3) is 7.54. The Morgan fingerprint density at radius 3 is 2.08 bits per heavy atom. The van der Waals surface area contributed by atoms with Crippen molar-refractivity contribution in [1.29, 1.82) is 0 Å². The number of nitrogen functional groups attached to an aromatic ring is 1. The lowest BCUT2D eigenvalue weighted by Gasteiger charge is -2.29. The van der Waals surface area contributed by atoms with Crippen LogP contribution in [0.4, 0.5) is 17.1 Å². The Bertz CT molecular complexity index is 2030. The highest BCUT2D eigenvalue weighted by molar-refractivity contribution is 7.99. The van der Waals surface area contributed by atoms with E-state index in [2.05, 4.69) is 43.4 Å². The summed E-state index contributed by atoms with van der Waals surface area (Å²) in [6, 6.07) is 33.8. The van der Waals surface area contributed by atoms with E-state index >= 15 is 0 Å². The van der Waals surface area contributed by atoms with Gasteiger partial charge < -0.3 is 15.8 Å². The van der Waals surface area contributed by atoms with Gasteiger partial charge in [-0.05, 0) is 115 Å². The fourth-order valence-electron chi connectivity index (χ4n) is 7.82. The zero-order valence-electron chi connectivity index (χ0n) is 30.3. The molecular formula is C46H48N2O3S. The van der Waals surface area contributed by atoms with Crippen LogP contribution >= 0.6 is 11.8 Å². The van der Waals surface area contributed by atoms with Crippen LogP contribution in [0.15, 0.2) is 108 Å². The first-order chi connectivity index (χ1) is 25.4. The number of ether oxygens (including phenoxy) is 1. The normalized spacial score (nSPS) is 16.7. The Kier molecular flexibility index (Phi) is 11.1. The molecule has 1 fully saturated rings. The number of carbonyl (C=O) groups is 2. The summed E-state index contributed by atoms with van der Waals surface area (Å²) in [7, 11) is 0. The molecule has 5 aromatic carbocycles. The predicted molar refractivity (Wildman–Crippen MR) is 216 cm³/mol. The summed E-state index contributed by atoms with van der Waals surface area (Å²) < 4.78 is 6.43. The van der Waals surface area contributed by atoms with Crippen molar-refractivity contribution >= 4 is 40.4 Å². The van der Waals surface area contributed by atoms with Gasteiger partial charge in [-0.15, -0.1) is 11.8 Å². The van der Waals surface area contributed by atoms with Crippen molar-refractivity contribution in [3.05, 3.63) is 131 Å². The summed E-state index contributed by atoms with van der Waals surface area (Å²) in [5.41, 5.74) is 12.9. The molecule has 1 saturated carbocycles. The predicted octanol–water partition coefficient (Wildman–Crippen LogP) is 12.6. The Morgan fingerprint density at radius 2 is 1.38 bits per heavy atom. The Balaban J connectivity index is 1.13. The van der Waals surface area contributed by atoms with Crippen LogP contribution in [-0.4, -0.2) is 17.3 Å². The number of anilines is 3. The average molecular weight is 709 g/mol. The molecule has 0 radical (unpaired) electrons. The molecular weight excluding hydrogens is 661 g/mol. The minimum atomic E-state index is -0.311. The molecule has 6 heteroatoms. The van der Waals surface area contributed by atoms with Crippen molar-refractivity contribution in [3.63, 3.8) is 0 Å². The van der Waals surface area contributed by atoms with E-state index in [9.17, 15) is 9.59 Å². The molecule has 0 amide bonds. The number of thioether (sulfide) groups is 1. The second-order valence-corrected chi connectivity index (χ2v) is 15.4. The van der Waals surface area contributed by atoms with Crippen LogP contribution in [0.3, 0.4) is 0 Å². The maximum atomic E-state index is 14.5. The van der Waals surface area contributed by atoms with Crippen molar-refractivity contribution in [3.8, 4) is 22.6 Å². The molecule has 5 aromatic rings. The van der Waals surface area contributed by atoms with Crippen LogP contribution < -0.4 is 15.8 Å². The monoisotopic (exact) mass is 708 g/mol. The van der Waals surface area contributed by atoms with Crippen molar-refractivity contribution in [2.24, 2.45) is 5.92 Å². The molecule has 0 heterocycles. The molecule has 3 N–H and O–H groups in total. The summed E-state index contributed by atoms with van der Waals surface area (Å²) in [6.45, 7) is 4.37. The van der Waals surface area contributed by atoms with Gasteiger partial charge in [0.25, 0.3) is 0 Å². The zero-order valence-corrected chi connectivity index (χ0v) is 31.1. The highest BCUT2D eigenvalue weighted by Gasteiger charge is 2.38. The minimum absolute atomic E-state index is 0.220. The largest absolute Gasteiger partial charge is 0.457 e. The number of unbranched alkanes of at least 4 members (excludes halogenated alkanes) is 2. The van der Waals surface area contributed by atoms with Crippen LogP contribution in [0.5, 0.6) is 11.5 Å². The van der Waals surface area contributed by atoms with Gasteiger partial charge in [0.15, 0.2) is 11.6 Å². The molecule has 7 rings (SSSR count). The van der Waals surface area contributed by atoms with Crippen molar-refractivity contribution < 1.29 is 14.3 Å². The first-order valence-electron chi connectivity index (χ1n) is 19.0. The molecule has 0 saturated heterocycles. The van der Waals surface area contributed by atoms with E-state index in [1.807, 2.05) is 66.7 Å². The third-order valence-electron chi connectivity index (χ3n) is 10.6. The Morgan fingerprint density at radius 1 is 0.692 bits per heavy atom. The second-order valence-electron chi connectivity index (χ2n) is 14.2. The lowest BCUT2D eigenvalue weighted by Crippen LogP contribution is -2.25. The number of carbonyl (C=O) groups excluding carboxylic acids is 2. The standard InChI is InChI=1S/C46H48N2O3S/c1-3-5-7-10-30-13-15-31(16-14-30)32-17-19-33(20-18-32)34-21-23-36(24-22-34)51-39-27-26-38(48-35-11-8-6-9-12-35)42-43(39)45(49)41-37(47)25-28-40(52-29-4-2)44(41)46(42)50/h6,8-9,11-12,17-28,30-31,48H,3-5,7,10,13-16,29,47H2,1-2H3. The average Bonchev–Trinajstić information content (AvgIpc) is 3.18. The number of nitrogens with two attached hydrogens (primary N) is 1. The Hall–Kier alpha value is -4.81. The summed E-state index contributed by atoms with van der Waals surface area (Å²) in [4.78, 5) is 29.7. The molecule has 0 spiro atoms. The van der Waals surface area contributed by atoms with E-state index < -0.39 is 0 Å². The van der Waals surface area contributed by atoms with E-state index in [4.69, 9.17) is 10.5 Å². The van der Waals surface area contributed by atoms with Crippen LogP contribution in [0.1, 0.15) is 115 Å². The molecule has 2 aliphatic carbocycles. The smallest absolute Gasteiger partial charge is 0.200 e. The molecule has 0 bridgehead atoms. The third-order valence-corrected chi connectivity index (χ3v) is 11.9. The topological polar surface area (TPSA) is 81.4 Å². The second kappa shape index (κ2) is 16.2. The molecule has 52 heavy (non-hydrogen) atoms. The van der Waals surface area contributed by atoms with Gasteiger partial charge in [0.1, 0.15) is 11.5 Å². The van der Waals surface area contributed by atoms with Gasteiger partial charge in [-0.1, -0.05) is 94.1 Å². The zero-order chi connectivity index (χ0) is 36.0. The number of para-hydroxylation sites is 1. The van der Waals surface area contributed by atoms with Crippen molar-refractivity contribution in [2.45, 2.75) is 82.4 Å². The number of nitrogens with one attached hydrogen (secondary N) is 1. The van der Waals surface area contributed by atoms with Crippen LogP contribution in [0.25, 0.3) is 11.1 Å². The quantitative estimate of drug-likeness (QED) is 0.0706. The van der Waals surface area contributed by atoms with E-state index in [-0.39, 0.29) is 28.4 Å². The summed E-state index contributed by atoms with van der Waals surface area (Å²) in [6.07, 6.45) is 11.7. The fourth-order valence-corrected chi connectivity index (χ4v) is 8.75. The first kappa shape index (κ1) is 35.6. The van der Waals surface area contributed by atoms with Gasteiger partial charge >= 0.3 is 0 Å². The van der Waals surface area contributed by atoms with Crippen LogP contribution in [0, 0.1) is 5.92 Å². The number of benzene rings is 5. The van der Waals surface area contributed by atoms with E-state index in [0.29, 0.717) is 34.2 Å². The van der Waals surface area contributed by atoms with E-state index in [0.717, 1.165) is 39.8 Å². The van der Waals surface area contributed by atoms with Crippen molar-refractivity contribution in [1.82, 2.24) is 0 Å². The number of fused-ring (bicyclic) bond motifs is 2. The van der Waals surface area contributed by atoms with Gasteiger partial charge in [-0.25, -0.2) is 0 Å². The molecule has 0 unspecified atom stereocenters. The first-order valence-corrected chi connectivity index (χ1v) is 20.0. The molecule has 5 nitrogen and oxygen atoms in total. The molecule has 0 atom stereocenters. The lowest BCUT2D eigenvalue weighted by atomic mass is 9.77. The van der Waals surface area contributed by atoms with Crippen molar-refractivity contribution in [2.75, 3.05) is 16.8 Å². The number of hydrogen-bond acceptors (Lipinski definition) is 6. The number of hydrogen-bond donors (Lipinski definition) is 2. The SMILES string of the molecule is CCCCCC1CCC(c2ccc(-c3ccc(Oc4ccc(Nc5ccccc5)c5c4C(=O)c4c(N)ccc(SCCC)c4C5=O)cc3)cc2)CC1. The summed E-state index contributed by atoms with van der Waals surface area (Å²) >= 11 is 1.57. The minimum Gasteiger partial charge on any atom is -0.457 e. The molecule has 0 aromatic heterocycles. The van der Waals surface area contributed by atoms with E-state index in [1.54, 1.807) is 23.9 Å². The number of ketones is 2. The number of rotatable bonds is 13. The molecule has 266 valence electrons. The van der Waals surface area contributed by atoms with Crippen LogP contribution in [-0.2, 0) is 0 Å². The highest BCUT2D eigenvalue weighted by Crippen LogP contribution is 2.44. The van der Waals surface area contributed by atoms with Gasteiger partial charge in [-0.2, -0.15) is 0 Å². The van der Waals surface area contributed by atoms with Gasteiger partial charge in [0.05, 0.1) is 22.4 Å². The van der Waals surface area contributed by atoms with E-state index in [1.165, 1.54) is 56.9 Å². The lowest BCUT2D eigenvalue weighted by molar-refractivity contribution is 0.0976. The maximum Gasteiger partial charge on any atom is 0.200 e. The van der Waals surface area contributed by atoms with Gasteiger partial charge in [0.2, 0.25) is 0 Å². The fraction of sp³-hybridized carbons (Fsp3) is 0.304. The Labute approximate surface area is 312 Å². The highest BCUT2D eigenvalue weighted by atomic mass is 32.2. The van der Waals surface area contributed by atoms with Gasteiger partial charge in [-0.3, -0.25) is 9.59 Å². The van der Waals surface area contributed by atoms with Gasteiger partial charge in [0, 0.05) is 21.8 Å².